The zero-order chi connectivity index (χ0) is 28.3. The van der Waals surface area contributed by atoms with Gasteiger partial charge in [-0.2, -0.15) is 0 Å². The minimum absolute atomic E-state index is 0.400. The molecule has 43 heavy (non-hydrogen) atoms. The third kappa shape index (κ3) is 3.42. The standard InChI is InChI=1S/C41H33ClS/c42-30-22-33(26-8-7-9-27(21-26)39-28-17-24-16-25(19-28)20-29(39)18-24)40-37(23-30)41(36-14-5-6-15-38(36)43-40)34-12-3-1-10-31(34)32-11-2-4-13-35(32)41/h1-15,21-25,28-29,39H,16-20H2. The number of fused-ring (bicyclic) bond motifs is 9. The van der Waals surface area contributed by atoms with Crippen LogP contribution in [0.2, 0.25) is 5.02 Å². The Bertz CT molecular complexity index is 1880. The summed E-state index contributed by atoms with van der Waals surface area (Å²) in [6, 6.07) is 41.2. The van der Waals surface area contributed by atoms with E-state index in [0.717, 1.165) is 34.6 Å². The lowest BCUT2D eigenvalue weighted by molar-refractivity contribution is -0.00276. The first kappa shape index (κ1) is 25.1. The van der Waals surface area contributed by atoms with Gasteiger partial charge in [-0.25, -0.2) is 0 Å². The SMILES string of the molecule is Clc1cc(-c2cccc(C3C4CC5CC(C4)CC3C5)c2)c2c(c1)C1(c3ccccc3S2)c2ccccc2-c2ccccc21. The second kappa shape index (κ2) is 9.13. The van der Waals surface area contributed by atoms with Gasteiger partial charge in [-0.05, 0) is 130 Å². The van der Waals surface area contributed by atoms with Crippen LogP contribution in [0.1, 0.15) is 65.8 Å². The van der Waals surface area contributed by atoms with E-state index in [1.807, 2.05) is 11.8 Å². The van der Waals surface area contributed by atoms with Crippen LogP contribution in [-0.2, 0) is 5.41 Å². The van der Waals surface area contributed by atoms with E-state index in [9.17, 15) is 0 Å². The van der Waals surface area contributed by atoms with Crippen LogP contribution in [0, 0.1) is 23.7 Å². The lowest BCUT2D eigenvalue weighted by Gasteiger charge is -2.54. The van der Waals surface area contributed by atoms with Gasteiger partial charge in [0.2, 0.25) is 0 Å². The van der Waals surface area contributed by atoms with E-state index in [1.165, 1.54) is 86.4 Å². The molecule has 5 aliphatic carbocycles. The molecule has 0 radical (unpaired) electrons. The molecule has 1 heterocycles. The van der Waals surface area contributed by atoms with Crippen molar-refractivity contribution < 1.29 is 0 Å². The summed E-state index contributed by atoms with van der Waals surface area (Å²) in [6.45, 7) is 0. The Balaban J connectivity index is 1.21. The monoisotopic (exact) mass is 592 g/mol. The average Bonchev–Trinajstić information content (AvgIpc) is 3.32. The van der Waals surface area contributed by atoms with E-state index in [2.05, 4.69) is 109 Å². The predicted molar refractivity (Wildman–Crippen MR) is 178 cm³/mol. The van der Waals surface area contributed by atoms with Crippen LogP contribution in [0.25, 0.3) is 22.3 Å². The lowest BCUT2D eigenvalue weighted by Crippen LogP contribution is -2.43. The van der Waals surface area contributed by atoms with Crippen LogP contribution in [0.4, 0.5) is 0 Å². The topological polar surface area (TPSA) is 0 Å². The Morgan fingerprint density at radius 2 is 1.19 bits per heavy atom. The highest BCUT2D eigenvalue weighted by molar-refractivity contribution is 7.99. The van der Waals surface area contributed by atoms with Crippen LogP contribution in [-0.4, -0.2) is 0 Å². The number of halogens is 1. The molecule has 4 bridgehead atoms. The summed E-state index contributed by atoms with van der Waals surface area (Å²) in [4.78, 5) is 2.68. The van der Waals surface area contributed by atoms with E-state index >= 15 is 0 Å². The van der Waals surface area contributed by atoms with Crippen molar-refractivity contribution in [2.24, 2.45) is 23.7 Å². The van der Waals surface area contributed by atoms with Gasteiger partial charge in [0, 0.05) is 14.8 Å². The van der Waals surface area contributed by atoms with Crippen molar-refractivity contribution in [3.8, 4) is 22.3 Å². The van der Waals surface area contributed by atoms with Crippen LogP contribution in [0.15, 0.2) is 119 Å². The number of hydrogen-bond donors (Lipinski definition) is 0. The van der Waals surface area contributed by atoms with Crippen LogP contribution in [0.3, 0.4) is 0 Å². The maximum absolute atomic E-state index is 7.15. The number of hydrogen-bond acceptors (Lipinski definition) is 1. The Morgan fingerprint density at radius 1 is 0.558 bits per heavy atom. The van der Waals surface area contributed by atoms with Crippen molar-refractivity contribution in [1.29, 1.82) is 0 Å². The molecule has 1 spiro atoms. The molecule has 0 nitrogen and oxygen atoms in total. The number of rotatable bonds is 2. The van der Waals surface area contributed by atoms with E-state index in [4.69, 9.17) is 11.6 Å². The molecule has 0 aromatic heterocycles. The molecule has 1 aliphatic heterocycles. The van der Waals surface area contributed by atoms with Gasteiger partial charge in [-0.1, -0.05) is 114 Å². The fourth-order valence-corrected chi connectivity index (χ4v) is 12.0. The third-order valence-corrected chi connectivity index (χ3v) is 13.2. The molecular formula is C41H33ClS. The van der Waals surface area contributed by atoms with Gasteiger partial charge >= 0.3 is 0 Å². The molecule has 0 atom stereocenters. The van der Waals surface area contributed by atoms with Crippen molar-refractivity contribution in [2.75, 3.05) is 0 Å². The van der Waals surface area contributed by atoms with E-state index in [0.29, 0.717) is 0 Å². The summed E-state index contributed by atoms with van der Waals surface area (Å²) < 4.78 is 0. The molecule has 0 unspecified atom stereocenters. The summed E-state index contributed by atoms with van der Waals surface area (Å²) in [6.07, 6.45) is 7.29. The molecule has 5 aromatic rings. The van der Waals surface area contributed by atoms with Gasteiger partial charge in [-0.3, -0.25) is 0 Å². The molecular weight excluding hydrogens is 560 g/mol. The smallest absolute Gasteiger partial charge is 0.0736 e. The average molecular weight is 593 g/mol. The van der Waals surface area contributed by atoms with E-state index < -0.39 is 5.41 Å². The molecule has 0 saturated heterocycles. The van der Waals surface area contributed by atoms with Gasteiger partial charge in [0.1, 0.15) is 0 Å². The summed E-state index contributed by atoms with van der Waals surface area (Å²) in [7, 11) is 0. The maximum Gasteiger partial charge on any atom is 0.0736 e. The highest BCUT2D eigenvalue weighted by Crippen LogP contribution is 2.64. The van der Waals surface area contributed by atoms with Gasteiger partial charge in [-0.15, -0.1) is 0 Å². The van der Waals surface area contributed by atoms with E-state index in [-0.39, 0.29) is 0 Å². The molecule has 210 valence electrons. The fourth-order valence-electron chi connectivity index (χ4n) is 10.5. The minimum Gasteiger partial charge on any atom is -0.0887 e. The summed E-state index contributed by atoms with van der Waals surface area (Å²) in [5, 5.41) is 0.815. The normalized spacial score (nSPS) is 26.6. The number of benzene rings is 5. The van der Waals surface area contributed by atoms with Gasteiger partial charge in [0.15, 0.2) is 0 Å². The molecule has 6 aliphatic rings. The molecule has 5 aromatic carbocycles. The Hall–Kier alpha value is -3.26. The van der Waals surface area contributed by atoms with Crippen molar-refractivity contribution >= 4 is 23.4 Å². The van der Waals surface area contributed by atoms with Crippen molar-refractivity contribution in [3.05, 3.63) is 142 Å². The van der Waals surface area contributed by atoms with Crippen LogP contribution < -0.4 is 0 Å². The third-order valence-electron chi connectivity index (χ3n) is 11.7. The minimum atomic E-state index is -0.400. The Labute approximate surface area is 263 Å². The Morgan fingerprint density at radius 3 is 1.88 bits per heavy atom. The summed E-state index contributed by atoms with van der Waals surface area (Å²) in [5.41, 5.74) is 11.8. The molecule has 0 N–H and O–H groups in total. The van der Waals surface area contributed by atoms with Crippen molar-refractivity contribution in [2.45, 2.75) is 53.2 Å². The quantitative estimate of drug-likeness (QED) is 0.192. The highest BCUT2D eigenvalue weighted by atomic mass is 35.5. The first-order chi connectivity index (χ1) is 21.2. The summed E-state index contributed by atoms with van der Waals surface area (Å²) in [5.74, 6) is 4.45. The van der Waals surface area contributed by atoms with Crippen LogP contribution >= 0.6 is 23.4 Å². The zero-order valence-electron chi connectivity index (χ0n) is 24.1. The molecule has 4 fully saturated rings. The molecule has 4 saturated carbocycles. The first-order valence-electron chi connectivity index (χ1n) is 16.1. The Kier molecular flexibility index (Phi) is 5.33. The van der Waals surface area contributed by atoms with Crippen molar-refractivity contribution in [1.82, 2.24) is 0 Å². The van der Waals surface area contributed by atoms with Crippen LogP contribution in [0.5, 0.6) is 0 Å². The van der Waals surface area contributed by atoms with Gasteiger partial charge in [0.25, 0.3) is 0 Å². The second-order valence-electron chi connectivity index (χ2n) is 13.9. The molecule has 2 heteroatoms. The maximum atomic E-state index is 7.15. The fraction of sp³-hybridized carbons (Fsp3) is 0.268. The van der Waals surface area contributed by atoms with E-state index in [1.54, 1.807) is 5.56 Å². The van der Waals surface area contributed by atoms with Crippen molar-refractivity contribution in [3.63, 3.8) is 0 Å². The predicted octanol–water partition coefficient (Wildman–Crippen LogP) is 11.4. The lowest BCUT2D eigenvalue weighted by atomic mass is 9.50. The molecule has 0 amide bonds. The first-order valence-corrected chi connectivity index (χ1v) is 17.3. The van der Waals surface area contributed by atoms with Gasteiger partial charge in [0.05, 0.1) is 5.41 Å². The largest absolute Gasteiger partial charge is 0.0887 e. The second-order valence-corrected chi connectivity index (χ2v) is 15.3. The molecule has 11 rings (SSSR count). The zero-order valence-corrected chi connectivity index (χ0v) is 25.7. The summed E-state index contributed by atoms with van der Waals surface area (Å²) >= 11 is 9.08. The van der Waals surface area contributed by atoms with Gasteiger partial charge < -0.3 is 0 Å². The highest BCUT2D eigenvalue weighted by Gasteiger charge is 2.51.